The molecule has 0 spiro atoms. The minimum Gasteiger partial charge on any atom is -0.0808 e. The van der Waals surface area contributed by atoms with Gasteiger partial charge in [-0.3, -0.25) is 0 Å². The first kappa shape index (κ1) is 27.1. The molecule has 0 bridgehead atoms. The van der Waals surface area contributed by atoms with Gasteiger partial charge >= 0.3 is 0 Å². The monoisotopic (exact) mass is 496 g/mol. The van der Waals surface area contributed by atoms with Crippen LogP contribution < -0.4 is 0 Å². The molecule has 0 aliphatic heterocycles. The van der Waals surface area contributed by atoms with Gasteiger partial charge in [0.05, 0.1) is 0 Å². The molecular weight excluding hydrogens is 456 g/mol. The zero-order chi connectivity index (χ0) is 26.1. The highest BCUT2D eigenvalue weighted by Gasteiger charge is 2.13. The van der Waals surface area contributed by atoms with Gasteiger partial charge in [0.1, 0.15) is 0 Å². The van der Waals surface area contributed by atoms with Gasteiger partial charge in [0.25, 0.3) is 0 Å². The maximum absolute atomic E-state index is 2.35. The molecule has 0 amide bonds. The predicted octanol–water partition coefficient (Wildman–Crippen LogP) is 10.9. The van der Waals surface area contributed by atoms with Gasteiger partial charge < -0.3 is 0 Å². The summed E-state index contributed by atoms with van der Waals surface area (Å²) in [6, 6.07) is 18.0. The average Bonchev–Trinajstić information content (AvgIpc) is 3.84. The van der Waals surface area contributed by atoms with Gasteiger partial charge in [-0.1, -0.05) is 146 Å². The fourth-order valence-corrected chi connectivity index (χ4v) is 4.91. The zero-order valence-corrected chi connectivity index (χ0v) is 22.5. The van der Waals surface area contributed by atoms with Crippen LogP contribution in [0.5, 0.6) is 0 Å². The summed E-state index contributed by atoms with van der Waals surface area (Å²) in [6.07, 6.45) is 43.2. The molecular formula is C38H40. The lowest BCUT2D eigenvalue weighted by atomic mass is 9.86. The quantitative estimate of drug-likeness (QED) is 0.271. The molecule has 5 aliphatic rings. The van der Waals surface area contributed by atoms with Crippen molar-refractivity contribution < 1.29 is 0 Å². The molecule has 0 heteroatoms. The van der Waals surface area contributed by atoms with Crippen LogP contribution in [-0.4, -0.2) is 0 Å². The lowest BCUT2D eigenvalue weighted by molar-refractivity contribution is 0.690. The van der Waals surface area contributed by atoms with Crippen molar-refractivity contribution in [1.29, 1.82) is 0 Å². The maximum Gasteiger partial charge on any atom is -0.0102 e. The minimum absolute atomic E-state index is 1.14. The molecule has 0 saturated heterocycles. The molecule has 0 nitrogen and oxygen atoms in total. The summed E-state index contributed by atoms with van der Waals surface area (Å²) in [5.41, 5.74) is 3.17. The largest absolute Gasteiger partial charge is 0.0808 e. The third-order valence-corrected chi connectivity index (χ3v) is 6.88. The zero-order valence-electron chi connectivity index (χ0n) is 22.5. The van der Waals surface area contributed by atoms with Gasteiger partial charge in [0.2, 0.25) is 0 Å². The van der Waals surface area contributed by atoms with Crippen LogP contribution in [0.4, 0.5) is 0 Å². The lowest BCUT2D eigenvalue weighted by Crippen LogP contribution is -2.02. The second-order valence-electron chi connectivity index (χ2n) is 9.66. The fourth-order valence-electron chi connectivity index (χ4n) is 4.91. The van der Waals surface area contributed by atoms with Crippen LogP contribution in [0.3, 0.4) is 0 Å². The van der Waals surface area contributed by atoms with Crippen LogP contribution >= 0.6 is 0 Å². The second-order valence-corrected chi connectivity index (χ2v) is 9.66. The second kappa shape index (κ2) is 16.0. The number of fused-ring (bicyclic) bond motifs is 5. The molecule has 3 aromatic carbocycles. The molecule has 0 N–H and O–H groups in total. The summed E-state index contributed by atoms with van der Waals surface area (Å²) in [5.74, 6) is 0. The van der Waals surface area contributed by atoms with Crippen molar-refractivity contribution in [3.63, 3.8) is 0 Å². The Hall–Kier alpha value is -3.90. The summed E-state index contributed by atoms with van der Waals surface area (Å²) < 4.78 is 0. The van der Waals surface area contributed by atoms with Crippen molar-refractivity contribution in [1.82, 2.24) is 0 Å². The SMILES string of the molecule is C1=CCC=C1.C1=CCC=C1.C1=CCC=C1.C1=CCC=C1.c1ccc2c(c1)ccc1c3c(ccc12)CCCC3. The molecule has 0 saturated carbocycles. The van der Waals surface area contributed by atoms with Gasteiger partial charge in [-0.2, -0.15) is 0 Å². The molecule has 0 fully saturated rings. The lowest BCUT2D eigenvalue weighted by Gasteiger charge is -2.18. The number of aryl methyl sites for hydroxylation is 2. The van der Waals surface area contributed by atoms with Gasteiger partial charge in [-0.05, 0) is 84.0 Å². The van der Waals surface area contributed by atoms with E-state index in [-0.39, 0.29) is 0 Å². The molecule has 38 heavy (non-hydrogen) atoms. The maximum atomic E-state index is 2.35. The smallest absolute Gasteiger partial charge is 0.0102 e. The highest BCUT2D eigenvalue weighted by molar-refractivity contribution is 6.08. The van der Waals surface area contributed by atoms with E-state index in [0.717, 1.165) is 25.7 Å². The summed E-state index contributed by atoms with van der Waals surface area (Å²) in [7, 11) is 0. The highest BCUT2D eigenvalue weighted by atomic mass is 14.2. The molecule has 192 valence electrons. The highest BCUT2D eigenvalue weighted by Crippen LogP contribution is 2.33. The first-order valence-corrected chi connectivity index (χ1v) is 14.1. The average molecular weight is 497 g/mol. The van der Waals surface area contributed by atoms with E-state index in [2.05, 4.69) is 146 Å². The van der Waals surface area contributed by atoms with Crippen LogP contribution in [0.1, 0.15) is 49.7 Å². The van der Waals surface area contributed by atoms with E-state index < -0.39 is 0 Å². The first-order valence-electron chi connectivity index (χ1n) is 14.1. The Bertz CT molecular complexity index is 1270. The van der Waals surface area contributed by atoms with Crippen LogP contribution in [-0.2, 0) is 12.8 Å². The predicted molar refractivity (Wildman–Crippen MR) is 170 cm³/mol. The molecule has 0 radical (unpaired) electrons. The first-order chi connectivity index (χ1) is 18.9. The van der Waals surface area contributed by atoms with Crippen molar-refractivity contribution in [2.75, 3.05) is 0 Å². The van der Waals surface area contributed by atoms with Crippen LogP contribution in [0.25, 0.3) is 21.5 Å². The fraction of sp³-hybridized carbons (Fsp3) is 0.211. The van der Waals surface area contributed by atoms with Gasteiger partial charge in [0, 0.05) is 0 Å². The summed E-state index contributed by atoms with van der Waals surface area (Å²) >= 11 is 0. The molecule has 0 unspecified atom stereocenters. The standard InChI is InChI=1S/C18H16.4C5H6/c1-3-7-15-13(5-1)9-11-18-16-8-4-2-6-14(16)10-12-17(15)18;4*1-2-4-5-3-1/h1,3,5,7,9-12H,2,4,6,8H2;4*1-4H,5H2. The van der Waals surface area contributed by atoms with E-state index in [0.29, 0.717) is 0 Å². The number of rotatable bonds is 0. The van der Waals surface area contributed by atoms with Crippen molar-refractivity contribution in [2.45, 2.75) is 51.4 Å². The van der Waals surface area contributed by atoms with E-state index in [4.69, 9.17) is 0 Å². The molecule has 0 heterocycles. The van der Waals surface area contributed by atoms with E-state index in [1.165, 1.54) is 47.2 Å². The Labute approximate surface area is 229 Å². The van der Waals surface area contributed by atoms with Crippen molar-refractivity contribution in [3.8, 4) is 0 Å². The number of hydrogen-bond acceptors (Lipinski definition) is 0. The summed E-state index contributed by atoms with van der Waals surface area (Å²) in [5, 5.41) is 5.64. The third-order valence-electron chi connectivity index (χ3n) is 6.88. The number of hydrogen-bond donors (Lipinski definition) is 0. The van der Waals surface area contributed by atoms with Crippen LogP contribution in [0.15, 0.2) is 146 Å². The molecule has 0 atom stereocenters. The van der Waals surface area contributed by atoms with E-state index >= 15 is 0 Å². The molecule has 5 aliphatic carbocycles. The third kappa shape index (κ3) is 8.60. The number of benzene rings is 3. The van der Waals surface area contributed by atoms with Crippen molar-refractivity contribution in [2.24, 2.45) is 0 Å². The van der Waals surface area contributed by atoms with Crippen molar-refractivity contribution in [3.05, 3.63) is 157 Å². The Kier molecular flexibility index (Phi) is 11.5. The van der Waals surface area contributed by atoms with E-state index in [1.807, 2.05) is 0 Å². The molecule has 8 rings (SSSR count). The molecule has 0 aromatic heterocycles. The van der Waals surface area contributed by atoms with Gasteiger partial charge in [-0.25, -0.2) is 0 Å². The van der Waals surface area contributed by atoms with Gasteiger partial charge in [-0.15, -0.1) is 0 Å². The normalized spacial score (nSPS) is 16.3. The summed E-state index contributed by atoms with van der Waals surface area (Å²) in [6.45, 7) is 0. The Balaban J connectivity index is 0.000000136. The van der Waals surface area contributed by atoms with E-state index in [9.17, 15) is 0 Å². The Morgan fingerprint density at radius 1 is 0.368 bits per heavy atom. The van der Waals surface area contributed by atoms with Gasteiger partial charge in [0.15, 0.2) is 0 Å². The van der Waals surface area contributed by atoms with Crippen LogP contribution in [0.2, 0.25) is 0 Å². The molecule has 3 aromatic rings. The topological polar surface area (TPSA) is 0 Å². The summed E-state index contributed by atoms with van der Waals surface area (Å²) in [4.78, 5) is 0. The minimum atomic E-state index is 1.14. The van der Waals surface area contributed by atoms with Crippen LogP contribution in [0, 0.1) is 0 Å². The Morgan fingerprint density at radius 2 is 0.842 bits per heavy atom. The van der Waals surface area contributed by atoms with Crippen molar-refractivity contribution >= 4 is 21.5 Å². The Morgan fingerprint density at radius 3 is 1.34 bits per heavy atom. The van der Waals surface area contributed by atoms with E-state index in [1.54, 1.807) is 11.1 Å². The number of allylic oxidation sites excluding steroid dienone is 16.